The Kier molecular flexibility index (Phi) is 4.94. The van der Waals surface area contributed by atoms with Crippen molar-refractivity contribution >= 4 is 21.4 Å². The van der Waals surface area contributed by atoms with E-state index >= 15 is 0 Å². The van der Waals surface area contributed by atoms with Gasteiger partial charge in [-0.15, -0.1) is 5.10 Å². The maximum Gasteiger partial charge on any atom is 0.275 e. The minimum absolute atomic E-state index is 0.141. The van der Waals surface area contributed by atoms with Gasteiger partial charge in [0.25, 0.3) is 5.56 Å². The molecule has 0 amide bonds. The molecule has 26 heavy (non-hydrogen) atoms. The molecule has 8 heteroatoms. The van der Waals surface area contributed by atoms with Crippen LogP contribution in [0, 0.1) is 0 Å². The van der Waals surface area contributed by atoms with Crippen molar-refractivity contribution < 1.29 is 0 Å². The van der Waals surface area contributed by atoms with E-state index in [-0.39, 0.29) is 5.56 Å². The number of anilines is 1. The highest BCUT2D eigenvalue weighted by molar-refractivity contribution is 7.20. The summed E-state index contributed by atoms with van der Waals surface area (Å²) in [6.45, 7) is 6.07. The van der Waals surface area contributed by atoms with Crippen molar-refractivity contribution in [2.24, 2.45) is 0 Å². The topological polar surface area (TPSA) is 66.6 Å². The van der Waals surface area contributed by atoms with Crippen LogP contribution in [-0.4, -0.2) is 50.2 Å². The number of likely N-dealkylation sites (tertiary alicyclic amines) is 1. The molecule has 1 saturated heterocycles. The Hall–Kier alpha value is -2.32. The van der Waals surface area contributed by atoms with E-state index in [1.807, 2.05) is 24.5 Å². The third-order valence-electron chi connectivity index (χ3n) is 4.89. The van der Waals surface area contributed by atoms with Gasteiger partial charge in [-0.1, -0.05) is 18.3 Å². The van der Waals surface area contributed by atoms with Gasteiger partial charge in [0.05, 0.1) is 0 Å². The molecule has 0 bridgehead atoms. The molecule has 0 aromatic carbocycles. The van der Waals surface area contributed by atoms with Crippen molar-refractivity contribution in [2.45, 2.75) is 32.4 Å². The summed E-state index contributed by atoms with van der Waals surface area (Å²) in [7, 11) is 0. The van der Waals surface area contributed by atoms with E-state index in [1.54, 1.807) is 6.20 Å². The van der Waals surface area contributed by atoms with Gasteiger partial charge >= 0.3 is 0 Å². The van der Waals surface area contributed by atoms with Crippen LogP contribution in [0.15, 0.2) is 41.6 Å². The first-order valence-corrected chi connectivity index (χ1v) is 9.79. The first kappa shape index (κ1) is 17.1. The highest BCUT2D eigenvalue weighted by Gasteiger charge is 2.26. The highest BCUT2D eigenvalue weighted by Crippen LogP contribution is 2.26. The van der Waals surface area contributed by atoms with Crippen LogP contribution in [0.2, 0.25) is 0 Å². The molecule has 0 N–H and O–H groups in total. The number of pyridine rings is 1. The largest absolute Gasteiger partial charge is 0.341 e. The van der Waals surface area contributed by atoms with Crippen molar-refractivity contribution in [1.29, 1.82) is 0 Å². The maximum atomic E-state index is 12.0. The van der Waals surface area contributed by atoms with E-state index in [0.29, 0.717) is 11.0 Å². The Morgan fingerprint density at radius 3 is 2.88 bits per heavy atom. The lowest BCUT2D eigenvalue weighted by molar-refractivity contribution is 0.268. The zero-order chi connectivity index (χ0) is 17.9. The summed E-state index contributed by atoms with van der Waals surface area (Å²) in [5.74, 6) is 0. The second-order valence-corrected chi connectivity index (χ2v) is 7.46. The van der Waals surface area contributed by atoms with Gasteiger partial charge in [-0.25, -0.2) is 4.98 Å². The number of nitrogens with zero attached hydrogens (tertiary/aromatic N) is 6. The molecule has 1 fully saturated rings. The number of aromatic nitrogens is 4. The Morgan fingerprint density at radius 2 is 2.12 bits per heavy atom. The van der Waals surface area contributed by atoms with E-state index in [9.17, 15) is 4.79 Å². The average molecular weight is 370 g/mol. The molecule has 1 aliphatic rings. The first-order chi connectivity index (χ1) is 12.7. The van der Waals surface area contributed by atoms with Gasteiger partial charge in [0.15, 0.2) is 0 Å². The predicted molar refractivity (Wildman–Crippen MR) is 103 cm³/mol. The zero-order valence-electron chi connectivity index (χ0n) is 14.8. The van der Waals surface area contributed by atoms with Crippen molar-refractivity contribution in [3.05, 3.63) is 52.7 Å². The SMILES string of the molecule is CCN1CCCC1CN(Cc1ccncc1)c1nn2c(=O)ccnc2s1. The zero-order valence-corrected chi connectivity index (χ0v) is 15.6. The fourth-order valence-electron chi connectivity index (χ4n) is 3.55. The third-order valence-corrected chi connectivity index (χ3v) is 5.87. The van der Waals surface area contributed by atoms with Gasteiger partial charge in [0.2, 0.25) is 10.1 Å². The Balaban J connectivity index is 1.66. The fraction of sp³-hybridized carbons (Fsp3) is 0.444. The van der Waals surface area contributed by atoms with Crippen molar-refractivity contribution in [2.75, 3.05) is 24.5 Å². The van der Waals surface area contributed by atoms with Crippen LogP contribution >= 0.6 is 11.3 Å². The molecular weight excluding hydrogens is 348 g/mol. The minimum atomic E-state index is -0.141. The van der Waals surface area contributed by atoms with Crippen LogP contribution in [0.4, 0.5) is 5.13 Å². The van der Waals surface area contributed by atoms with E-state index in [1.165, 1.54) is 40.3 Å². The van der Waals surface area contributed by atoms with Crippen molar-refractivity contribution in [1.82, 2.24) is 24.5 Å². The molecule has 7 nitrogen and oxygen atoms in total. The van der Waals surface area contributed by atoms with Crippen LogP contribution in [0.25, 0.3) is 4.96 Å². The van der Waals surface area contributed by atoms with Gasteiger partial charge in [-0.3, -0.25) is 14.7 Å². The molecule has 1 unspecified atom stereocenters. The molecule has 0 saturated carbocycles. The first-order valence-electron chi connectivity index (χ1n) is 8.97. The second-order valence-electron chi connectivity index (χ2n) is 6.52. The fourth-order valence-corrected chi connectivity index (χ4v) is 4.44. The molecule has 3 aromatic heterocycles. The molecule has 136 valence electrons. The average Bonchev–Trinajstić information content (AvgIpc) is 3.29. The van der Waals surface area contributed by atoms with E-state index in [2.05, 4.69) is 31.8 Å². The molecule has 0 aliphatic carbocycles. The quantitative estimate of drug-likeness (QED) is 0.661. The van der Waals surface area contributed by atoms with Gasteiger partial charge in [-0.2, -0.15) is 4.52 Å². The van der Waals surface area contributed by atoms with Gasteiger partial charge in [0, 0.05) is 43.8 Å². The van der Waals surface area contributed by atoms with E-state index in [4.69, 9.17) is 0 Å². The van der Waals surface area contributed by atoms with Gasteiger partial charge in [-0.05, 0) is 43.6 Å². The van der Waals surface area contributed by atoms with Crippen LogP contribution < -0.4 is 10.5 Å². The standard InChI is InChI=1S/C18H22N6OS/c1-2-22-11-3-4-15(22)13-23(12-14-5-8-19-9-6-14)18-21-24-16(25)7-10-20-17(24)26-18/h5-10,15H,2-4,11-13H2,1H3. The van der Waals surface area contributed by atoms with Gasteiger partial charge in [0.1, 0.15) is 0 Å². The minimum Gasteiger partial charge on any atom is -0.341 e. The number of hydrogen-bond acceptors (Lipinski definition) is 7. The van der Waals surface area contributed by atoms with Crippen LogP contribution in [-0.2, 0) is 6.54 Å². The van der Waals surface area contributed by atoms with Crippen LogP contribution in [0.1, 0.15) is 25.3 Å². The number of likely N-dealkylation sites (N-methyl/N-ethyl adjacent to an activating group) is 1. The molecule has 0 radical (unpaired) electrons. The maximum absolute atomic E-state index is 12.0. The molecule has 1 atom stereocenters. The second kappa shape index (κ2) is 7.51. The summed E-state index contributed by atoms with van der Waals surface area (Å²) in [4.78, 5) is 25.9. The van der Waals surface area contributed by atoms with Crippen molar-refractivity contribution in [3.63, 3.8) is 0 Å². The Morgan fingerprint density at radius 1 is 1.27 bits per heavy atom. The predicted octanol–water partition coefficient (Wildman–Crippen LogP) is 2.04. The van der Waals surface area contributed by atoms with Crippen LogP contribution in [0.5, 0.6) is 0 Å². The summed E-state index contributed by atoms with van der Waals surface area (Å²) < 4.78 is 1.39. The van der Waals surface area contributed by atoms with Crippen LogP contribution in [0.3, 0.4) is 0 Å². The molecule has 1 aliphatic heterocycles. The Labute approximate surface area is 155 Å². The summed E-state index contributed by atoms with van der Waals surface area (Å²) in [6, 6.07) is 6.01. The summed E-state index contributed by atoms with van der Waals surface area (Å²) in [5.41, 5.74) is 1.04. The summed E-state index contributed by atoms with van der Waals surface area (Å²) >= 11 is 1.46. The highest BCUT2D eigenvalue weighted by atomic mass is 32.1. The van der Waals surface area contributed by atoms with E-state index in [0.717, 1.165) is 31.3 Å². The summed E-state index contributed by atoms with van der Waals surface area (Å²) in [5, 5.41) is 5.39. The van der Waals surface area contributed by atoms with Gasteiger partial charge < -0.3 is 4.90 Å². The van der Waals surface area contributed by atoms with E-state index < -0.39 is 0 Å². The number of hydrogen-bond donors (Lipinski definition) is 0. The Bertz CT molecular complexity index is 924. The molecule has 4 heterocycles. The molecule has 3 aromatic rings. The third kappa shape index (κ3) is 3.47. The molecule has 0 spiro atoms. The van der Waals surface area contributed by atoms with Crippen molar-refractivity contribution in [3.8, 4) is 0 Å². The smallest absolute Gasteiger partial charge is 0.275 e. The lowest BCUT2D eigenvalue weighted by atomic mass is 10.2. The lowest BCUT2D eigenvalue weighted by Crippen LogP contribution is -2.40. The lowest BCUT2D eigenvalue weighted by Gasteiger charge is -2.30. The summed E-state index contributed by atoms with van der Waals surface area (Å²) in [6.07, 6.45) is 7.60. The molecule has 4 rings (SSSR count). The normalized spacial score (nSPS) is 17.8. The molecular formula is C18H22N6OS. The number of rotatable bonds is 6. The number of fused-ring (bicyclic) bond motifs is 1. The monoisotopic (exact) mass is 370 g/mol.